The Kier molecular flexibility index (Phi) is 17.4. The zero-order chi connectivity index (χ0) is 20.3. The normalized spacial score (nSPS) is 10.7. The maximum Gasteiger partial charge on any atom is 0.302 e. The average molecular weight is 403 g/mol. The number of esters is 2. The van der Waals surface area contributed by atoms with Gasteiger partial charge in [-0.1, -0.05) is 71.1 Å². The third kappa shape index (κ3) is 19.4. The topological polar surface area (TPSA) is 61.8 Å². The summed E-state index contributed by atoms with van der Waals surface area (Å²) >= 11 is 5.26. The van der Waals surface area contributed by atoms with E-state index in [1.807, 2.05) is 0 Å². The zero-order valence-electron chi connectivity index (χ0n) is 17.4. The predicted molar refractivity (Wildman–Crippen MR) is 112 cm³/mol. The highest BCUT2D eigenvalue weighted by molar-refractivity contribution is 7.80. The zero-order valence-corrected chi connectivity index (χ0v) is 18.2. The first-order valence-electron chi connectivity index (χ1n) is 10.4. The van der Waals surface area contributed by atoms with Crippen molar-refractivity contribution < 1.29 is 23.8 Å². The van der Waals surface area contributed by atoms with E-state index in [0.717, 1.165) is 12.8 Å². The van der Waals surface area contributed by atoms with E-state index in [2.05, 4.69) is 6.92 Å². The molecular formula is C21H38O5S. The summed E-state index contributed by atoms with van der Waals surface area (Å²) in [5.41, 5.74) is 0. The van der Waals surface area contributed by atoms with Crippen LogP contribution in [0.15, 0.2) is 0 Å². The van der Waals surface area contributed by atoms with Crippen molar-refractivity contribution in [2.75, 3.05) is 13.2 Å². The van der Waals surface area contributed by atoms with Crippen molar-refractivity contribution in [1.82, 2.24) is 0 Å². The van der Waals surface area contributed by atoms with Crippen LogP contribution in [0.25, 0.3) is 0 Å². The van der Waals surface area contributed by atoms with Gasteiger partial charge in [0.15, 0.2) is 11.2 Å². The summed E-state index contributed by atoms with van der Waals surface area (Å²) in [6.45, 7) is 4.96. The van der Waals surface area contributed by atoms with Crippen LogP contribution < -0.4 is 0 Å². The lowest BCUT2D eigenvalue weighted by Crippen LogP contribution is -2.29. The van der Waals surface area contributed by atoms with E-state index in [1.54, 1.807) is 0 Å². The van der Waals surface area contributed by atoms with Crippen LogP contribution in [0.4, 0.5) is 0 Å². The van der Waals surface area contributed by atoms with Crippen molar-refractivity contribution in [3.63, 3.8) is 0 Å². The molecule has 0 amide bonds. The quantitative estimate of drug-likeness (QED) is 0.181. The molecule has 0 heterocycles. The van der Waals surface area contributed by atoms with Crippen LogP contribution in [0.2, 0.25) is 0 Å². The van der Waals surface area contributed by atoms with Gasteiger partial charge in [0.25, 0.3) is 0 Å². The summed E-state index contributed by atoms with van der Waals surface area (Å²) in [4.78, 5) is 21.9. The van der Waals surface area contributed by atoms with Gasteiger partial charge >= 0.3 is 11.9 Å². The van der Waals surface area contributed by atoms with Crippen molar-refractivity contribution in [2.45, 2.75) is 104 Å². The minimum absolute atomic E-state index is 0.0288. The maximum atomic E-state index is 10.9. The summed E-state index contributed by atoms with van der Waals surface area (Å²) in [6, 6.07) is 0. The van der Waals surface area contributed by atoms with Crippen LogP contribution in [0, 0.1) is 0 Å². The molecule has 0 aromatic heterocycles. The molecule has 0 rings (SSSR count). The molecule has 0 atom stereocenters. The second-order valence-corrected chi connectivity index (χ2v) is 7.46. The van der Waals surface area contributed by atoms with E-state index in [-0.39, 0.29) is 13.2 Å². The summed E-state index contributed by atoms with van der Waals surface area (Å²) in [6.07, 6.45) is 14.2. The van der Waals surface area contributed by atoms with Crippen molar-refractivity contribution in [3.8, 4) is 0 Å². The Hall–Kier alpha value is -1.17. The highest BCUT2D eigenvalue weighted by Gasteiger charge is 2.16. The van der Waals surface area contributed by atoms with E-state index in [9.17, 15) is 9.59 Å². The van der Waals surface area contributed by atoms with Crippen LogP contribution in [0.3, 0.4) is 0 Å². The number of hydrogen-bond donors (Lipinski definition) is 0. The van der Waals surface area contributed by atoms with E-state index in [0.29, 0.717) is 11.5 Å². The Morgan fingerprint density at radius 2 is 1.15 bits per heavy atom. The van der Waals surface area contributed by atoms with Gasteiger partial charge in [-0.3, -0.25) is 9.59 Å². The highest BCUT2D eigenvalue weighted by atomic mass is 32.1. The summed E-state index contributed by atoms with van der Waals surface area (Å²) < 4.78 is 15.5. The largest absolute Gasteiger partial charge is 0.477 e. The molecule has 0 saturated heterocycles. The second kappa shape index (κ2) is 18.2. The summed E-state index contributed by atoms with van der Waals surface area (Å²) in [5, 5.41) is 0.482. The Labute approximate surface area is 170 Å². The number of carbonyl (C=O) groups is 2. The van der Waals surface area contributed by atoms with Gasteiger partial charge in [-0.15, -0.1) is 0 Å². The molecule has 27 heavy (non-hydrogen) atoms. The van der Waals surface area contributed by atoms with Crippen molar-refractivity contribution in [3.05, 3.63) is 0 Å². The number of hydrogen-bond acceptors (Lipinski definition) is 6. The van der Waals surface area contributed by atoms with Crippen molar-refractivity contribution in [2.24, 2.45) is 0 Å². The molecule has 0 saturated carbocycles. The number of thiocarbonyl (C=S) groups is 1. The van der Waals surface area contributed by atoms with Gasteiger partial charge in [0.1, 0.15) is 13.2 Å². The van der Waals surface area contributed by atoms with Crippen LogP contribution >= 0.6 is 12.2 Å². The van der Waals surface area contributed by atoms with Gasteiger partial charge < -0.3 is 14.2 Å². The van der Waals surface area contributed by atoms with Crippen LogP contribution in [-0.2, 0) is 23.8 Å². The Balaban J connectivity index is 3.72. The fraction of sp³-hybridized carbons (Fsp3) is 0.857. The van der Waals surface area contributed by atoms with Crippen molar-refractivity contribution >= 4 is 29.2 Å². The predicted octanol–water partition coefficient (Wildman–Crippen LogP) is 5.53. The first-order valence-corrected chi connectivity index (χ1v) is 10.8. The Morgan fingerprint density at radius 3 is 1.56 bits per heavy atom. The molecule has 0 aliphatic rings. The number of carbonyl (C=O) groups excluding carboxylic acids is 2. The molecule has 0 bridgehead atoms. The monoisotopic (exact) mass is 402 g/mol. The van der Waals surface area contributed by atoms with Gasteiger partial charge in [0.05, 0.1) is 0 Å². The lowest BCUT2D eigenvalue weighted by Gasteiger charge is -2.18. The summed E-state index contributed by atoms with van der Waals surface area (Å²) in [7, 11) is 0. The molecule has 158 valence electrons. The fourth-order valence-corrected chi connectivity index (χ4v) is 3.00. The minimum Gasteiger partial charge on any atom is -0.477 e. The molecule has 0 aliphatic carbocycles. The number of ether oxygens (including phenoxy) is 3. The molecule has 0 fully saturated rings. The van der Waals surface area contributed by atoms with E-state index < -0.39 is 18.0 Å². The molecule has 0 radical (unpaired) electrons. The lowest BCUT2D eigenvalue weighted by atomic mass is 10.1. The van der Waals surface area contributed by atoms with E-state index >= 15 is 0 Å². The highest BCUT2D eigenvalue weighted by Crippen LogP contribution is 2.13. The standard InChI is InChI=1S/C21H38O5S/c1-4-5-6-7-8-9-10-11-12-13-14-15-21(27)26-20(16-24-18(2)22)17-25-19(3)23/h20H,4-17H2,1-3H3. The van der Waals surface area contributed by atoms with Gasteiger partial charge in [0.2, 0.25) is 0 Å². The van der Waals surface area contributed by atoms with Gasteiger partial charge in [-0.2, -0.15) is 0 Å². The summed E-state index contributed by atoms with van der Waals surface area (Å²) in [5.74, 6) is -0.801. The second-order valence-electron chi connectivity index (χ2n) is 7.00. The molecule has 0 aromatic carbocycles. The smallest absolute Gasteiger partial charge is 0.302 e. The first kappa shape index (κ1) is 25.8. The molecule has 6 heteroatoms. The first-order chi connectivity index (χ1) is 13.0. The van der Waals surface area contributed by atoms with E-state index in [1.165, 1.54) is 71.6 Å². The number of unbranched alkanes of at least 4 members (excludes halogenated alkanes) is 10. The Morgan fingerprint density at radius 1 is 0.741 bits per heavy atom. The Bertz CT molecular complexity index is 393. The molecule has 0 spiro atoms. The molecular weight excluding hydrogens is 364 g/mol. The third-order valence-corrected chi connectivity index (χ3v) is 4.53. The van der Waals surface area contributed by atoms with Gasteiger partial charge in [-0.05, 0) is 18.6 Å². The van der Waals surface area contributed by atoms with Gasteiger partial charge in [0, 0.05) is 20.3 Å². The van der Waals surface area contributed by atoms with Crippen molar-refractivity contribution in [1.29, 1.82) is 0 Å². The van der Waals surface area contributed by atoms with Gasteiger partial charge in [-0.25, -0.2) is 0 Å². The molecule has 0 unspecified atom stereocenters. The lowest BCUT2D eigenvalue weighted by molar-refractivity contribution is -0.148. The minimum atomic E-state index is -0.544. The van der Waals surface area contributed by atoms with E-state index in [4.69, 9.17) is 26.4 Å². The fourth-order valence-electron chi connectivity index (χ4n) is 2.72. The molecule has 0 aliphatic heterocycles. The van der Waals surface area contributed by atoms with Crippen LogP contribution in [0.5, 0.6) is 0 Å². The molecule has 5 nitrogen and oxygen atoms in total. The SMILES string of the molecule is CCCCCCCCCCCCCC(=S)OC(COC(C)=O)COC(C)=O. The molecule has 0 N–H and O–H groups in total. The average Bonchev–Trinajstić information content (AvgIpc) is 2.61. The third-order valence-electron chi connectivity index (χ3n) is 4.23. The molecule has 0 aromatic rings. The van der Waals surface area contributed by atoms with Crippen LogP contribution in [-0.4, -0.2) is 36.3 Å². The van der Waals surface area contributed by atoms with Crippen LogP contribution in [0.1, 0.15) is 97.8 Å². The number of rotatable bonds is 17. The maximum absolute atomic E-state index is 10.9.